The highest BCUT2D eigenvalue weighted by atomic mass is 35.5. The molecule has 114 valence electrons. The number of hydrogen-bond donors (Lipinski definition) is 0. The first-order valence-electron chi connectivity index (χ1n) is 7.50. The Labute approximate surface area is 136 Å². The van der Waals surface area contributed by atoms with E-state index in [2.05, 4.69) is 42.1 Å². The number of hydrogen-bond acceptors (Lipinski definition) is 2. The van der Waals surface area contributed by atoms with Crippen molar-refractivity contribution in [2.45, 2.75) is 31.7 Å². The first kappa shape index (κ1) is 15.3. The number of para-hydroxylation sites is 1. The van der Waals surface area contributed by atoms with E-state index in [4.69, 9.17) is 11.6 Å². The van der Waals surface area contributed by atoms with Crippen LogP contribution in [0.3, 0.4) is 0 Å². The highest BCUT2D eigenvalue weighted by molar-refractivity contribution is 6.76. The Morgan fingerprint density at radius 1 is 1.05 bits per heavy atom. The van der Waals surface area contributed by atoms with Crippen molar-refractivity contribution in [2.24, 2.45) is 0 Å². The van der Waals surface area contributed by atoms with Crippen LogP contribution in [0.1, 0.15) is 11.6 Å². The van der Waals surface area contributed by atoms with Gasteiger partial charge in [-0.05, 0) is 29.8 Å². The van der Waals surface area contributed by atoms with E-state index in [1.54, 1.807) is 0 Å². The molecule has 0 aliphatic heterocycles. The van der Waals surface area contributed by atoms with E-state index in [0.717, 1.165) is 27.7 Å². The summed E-state index contributed by atoms with van der Waals surface area (Å²) in [6.45, 7) is 7.11. The molecule has 0 saturated heterocycles. The van der Waals surface area contributed by atoms with Gasteiger partial charge in [0, 0.05) is 13.1 Å². The number of fused-ring (bicyclic) bond motifs is 1. The Balaban J connectivity index is 2.15. The minimum absolute atomic E-state index is 0.132. The van der Waals surface area contributed by atoms with Crippen LogP contribution in [0.5, 0.6) is 0 Å². The van der Waals surface area contributed by atoms with Gasteiger partial charge in [0.15, 0.2) is 0 Å². The Morgan fingerprint density at radius 2 is 1.73 bits per heavy atom. The minimum atomic E-state index is -1.32. The van der Waals surface area contributed by atoms with Gasteiger partial charge in [-0.15, -0.1) is 5.10 Å². The van der Waals surface area contributed by atoms with Gasteiger partial charge in [0.25, 0.3) is 0 Å². The molecule has 3 rings (SSSR count). The fourth-order valence-corrected chi connectivity index (χ4v) is 4.59. The number of aromatic nitrogens is 3. The van der Waals surface area contributed by atoms with Crippen LogP contribution in [-0.2, 0) is 0 Å². The summed E-state index contributed by atoms with van der Waals surface area (Å²) in [7, 11) is -1.32. The average molecular weight is 330 g/mol. The Hall–Kier alpha value is -1.65. The van der Waals surface area contributed by atoms with E-state index >= 15 is 0 Å². The highest BCUT2D eigenvalue weighted by Crippen LogP contribution is 2.33. The molecule has 5 heteroatoms. The first-order chi connectivity index (χ1) is 10.5. The minimum Gasteiger partial charge on any atom is -0.237 e. The summed E-state index contributed by atoms with van der Waals surface area (Å²) < 4.78 is 2.04. The van der Waals surface area contributed by atoms with Crippen molar-refractivity contribution in [3.63, 3.8) is 0 Å². The van der Waals surface area contributed by atoms with Crippen molar-refractivity contribution >= 4 is 30.7 Å². The summed E-state index contributed by atoms with van der Waals surface area (Å²) >= 11 is 6.47. The molecule has 0 aliphatic rings. The maximum absolute atomic E-state index is 6.47. The Morgan fingerprint density at radius 3 is 2.45 bits per heavy atom. The molecule has 3 aromatic rings. The third kappa shape index (κ3) is 3.08. The lowest BCUT2D eigenvalue weighted by atomic mass is 10.1. The van der Waals surface area contributed by atoms with Crippen LogP contribution in [0.4, 0.5) is 0 Å². The second-order valence-corrected chi connectivity index (χ2v) is 12.8. The largest absolute Gasteiger partial charge is 0.237 e. The molecule has 1 unspecified atom stereocenters. The standard InChI is InChI=1S/C17H20ClN3Si/c1-22(2,3)12-17(13-8-4-5-9-14(13)18)21-16-11-7-6-10-15(16)19-20-21/h4-11,17H,12H2,1-3H3. The average Bonchev–Trinajstić information content (AvgIpc) is 2.88. The molecule has 0 bridgehead atoms. The van der Waals surface area contributed by atoms with Gasteiger partial charge in [-0.1, -0.05) is 66.8 Å². The second kappa shape index (κ2) is 5.86. The van der Waals surface area contributed by atoms with Gasteiger partial charge >= 0.3 is 0 Å². The Kier molecular flexibility index (Phi) is 4.06. The van der Waals surface area contributed by atoms with Crippen molar-refractivity contribution in [3.05, 3.63) is 59.1 Å². The van der Waals surface area contributed by atoms with Crippen molar-refractivity contribution in [1.29, 1.82) is 0 Å². The molecule has 1 heterocycles. The predicted octanol–water partition coefficient (Wildman–Crippen LogP) is 5.01. The van der Waals surface area contributed by atoms with Crippen molar-refractivity contribution in [1.82, 2.24) is 15.0 Å². The molecule has 0 spiro atoms. The van der Waals surface area contributed by atoms with Crippen molar-refractivity contribution in [2.75, 3.05) is 0 Å². The summed E-state index contributed by atoms with van der Waals surface area (Å²) in [4.78, 5) is 0. The number of rotatable bonds is 4. The van der Waals surface area contributed by atoms with Gasteiger partial charge in [-0.3, -0.25) is 0 Å². The highest BCUT2D eigenvalue weighted by Gasteiger charge is 2.26. The zero-order valence-corrected chi connectivity index (χ0v) is 14.9. The van der Waals surface area contributed by atoms with Gasteiger partial charge in [0.05, 0.1) is 11.6 Å². The maximum atomic E-state index is 6.47. The van der Waals surface area contributed by atoms with E-state index in [1.165, 1.54) is 0 Å². The summed E-state index contributed by atoms with van der Waals surface area (Å²) in [6.07, 6.45) is 0. The van der Waals surface area contributed by atoms with Crippen LogP contribution in [0, 0.1) is 0 Å². The fraction of sp³-hybridized carbons (Fsp3) is 0.294. The second-order valence-electron chi connectivity index (χ2n) is 6.82. The van der Waals surface area contributed by atoms with E-state index in [1.807, 2.05) is 41.1 Å². The smallest absolute Gasteiger partial charge is 0.113 e. The molecule has 3 nitrogen and oxygen atoms in total. The van der Waals surface area contributed by atoms with Crippen molar-refractivity contribution in [3.8, 4) is 0 Å². The lowest BCUT2D eigenvalue weighted by Gasteiger charge is -2.26. The summed E-state index contributed by atoms with van der Waals surface area (Å²) in [5.74, 6) is 0. The zero-order chi connectivity index (χ0) is 15.7. The lowest BCUT2D eigenvalue weighted by Crippen LogP contribution is -2.27. The van der Waals surface area contributed by atoms with E-state index in [-0.39, 0.29) is 6.04 Å². The topological polar surface area (TPSA) is 30.7 Å². The molecule has 1 aromatic heterocycles. The van der Waals surface area contributed by atoms with E-state index in [0.29, 0.717) is 0 Å². The molecular weight excluding hydrogens is 310 g/mol. The van der Waals surface area contributed by atoms with Crippen LogP contribution in [0.15, 0.2) is 48.5 Å². The molecule has 0 radical (unpaired) electrons. The van der Waals surface area contributed by atoms with Gasteiger partial charge in [-0.25, -0.2) is 4.68 Å². The molecule has 0 amide bonds. The molecule has 0 N–H and O–H groups in total. The zero-order valence-electron chi connectivity index (χ0n) is 13.1. The Bertz CT molecular complexity index is 792. The molecular formula is C17H20ClN3Si. The SMILES string of the molecule is C[Si](C)(C)CC(c1ccccc1Cl)n1nnc2ccccc21. The normalized spacial score (nSPS) is 13.5. The van der Waals surface area contributed by atoms with E-state index in [9.17, 15) is 0 Å². The van der Waals surface area contributed by atoms with Crippen LogP contribution >= 0.6 is 11.6 Å². The molecule has 0 aliphatic carbocycles. The number of halogens is 1. The molecule has 0 saturated carbocycles. The summed E-state index contributed by atoms with van der Waals surface area (Å²) in [5.41, 5.74) is 3.11. The van der Waals surface area contributed by atoms with Crippen LogP contribution < -0.4 is 0 Å². The molecule has 22 heavy (non-hydrogen) atoms. The number of benzene rings is 2. The first-order valence-corrected chi connectivity index (χ1v) is 11.6. The maximum Gasteiger partial charge on any atom is 0.113 e. The van der Waals surface area contributed by atoms with Gasteiger partial charge < -0.3 is 0 Å². The van der Waals surface area contributed by atoms with Crippen LogP contribution in [0.25, 0.3) is 11.0 Å². The van der Waals surface area contributed by atoms with Crippen LogP contribution in [0.2, 0.25) is 30.7 Å². The molecule has 1 atom stereocenters. The predicted molar refractivity (Wildman–Crippen MR) is 95.3 cm³/mol. The van der Waals surface area contributed by atoms with Gasteiger partial charge in [0.1, 0.15) is 5.52 Å². The molecule has 2 aromatic carbocycles. The monoisotopic (exact) mass is 329 g/mol. The lowest BCUT2D eigenvalue weighted by molar-refractivity contribution is 0.554. The third-order valence-electron chi connectivity index (χ3n) is 3.74. The van der Waals surface area contributed by atoms with Crippen molar-refractivity contribution < 1.29 is 0 Å². The molecule has 0 fully saturated rings. The fourth-order valence-electron chi connectivity index (χ4n) is 2.77. The summed E-state index contributed by atoms with van der Waals surface area (Å²) in [6, 6.07) is 17.4. The van der Waals surface area contributed by atoms with Gasteiger partial charge in [-0.2, -0.15) is 0 Å². The van der Waals surface area contributed by atoms with Gasteiger partial charge in [0.2, 0.25) is 0 Å². The number of nitrogens with zero attached hydrogens (tertiary/aromatic N) is 3. The van der Waals surface area contributed by atoms with Crippen LogP contribution in [-0.4, -0.2) is 23.1 Å². The third-order valence-corrected chi connectivity index (χ3v) is 5.70. The quantitative estimate of drug-likeness (QED) is 0.630. The summed E-state index contributed by atoms with van der Waals surface area (Å²) in [5, 5.41) is 9.53. The van der Waals surface area contributed by atoms with E-state index < -0.39 is 8.07 Å².